The molecule has 1 aliphatic rings. The molecule has 0 amide bonds. The van der Waals surface area contributed by atoms with Crippen LogP contribution in [-0.4, -0.2) is 6.04 Å². The molecule has 1 aromatic heterocycles. The Bertz CT molecular complexity index is 503. The van der Waals surface area contributed by atoms with E-state index < -0.39 is 0 Å². The van der Waals surface area contributed by atoms with Crippen LogP contribution in [0.4, 0.5) is 0 Å². The van der Waals surface area contributed by atoms with Gasteiger partial charge < -0.3 is 10.2 Å². The molecule has 2 N–H and O–H groups in total. The summed E-state index contributed by atoms with van der Waals surface area (Å²) >= 11 is 5.84. The van der Waals surface area contributed by atoms with E-state index in [0.29, 0.717) is 5.92 Å². The van der Waals surface area contributed by atoms with E-state index in [4.69, 9.17) is 21.8 Å². The van der Waals surface area contributed by atoms with Crippen LogP contribution in [0.2, 0.25) is 5.02 Å². The third-order valence-electron chi connectivity index (χ3n) is 2.96. The van der Waals surface area contributed by atoms with Gasteiger partial charge in [-0.3, -0.25) is 0 Å². The highest BCUT2D eigenvalue weighted by molar-refractivity contribution is 6.30. The van der Waals surface area contributed by atoms with Gasteiger partial charge in [-0.1, -0.05) is 11.6 Å². The summed E-state index contributed by atoms with van der Waals surface area (Å²) in [5.41, 5.74) is 6.84. The van der Waals surface area contributed by atoms with Gasteiger partial charge in [-0.05, 0) is 42.8 Å². The van der Waals surface area contributed by atoms with Gasteiger partial charge in [0, 0.05) is 22.5 Å². The summed E-state index contributed by atoms with van der Waals surface area (Å²) < 4.78 is 5.78. The number of halogens is 1. The molecule has 3 heteroatoms. The van der Waals surface area contributed by atoms with Crippen LogP contribution in [-0.2, 0) is 0 Å². The SMILES string of the molecule is N[C@H]1C[C@H]1c1ccc(-c2ccc(Cl)cc2)o1. The van der Waals surface area contributed by atoms with E-state index in [1.807, 2.05) is 36.4 Å². The zero-order chi connectivity index (χ0) is 11.1. The van der Waals surface area contributed by atoms with Crippen LogP contribution < -0.4 is 5.73 Å². The summed E-state index contributed by atoms with van der Waals surface area (Å²) in [5.74, 6) is 2.30. The number of rotatable bonds is 2. The van der Waals surface area contributed by atoms with E-state index in [1.165, 1.54) is 0 Å². The van der Waals surface area contributed by atoms with Gasteiger partial charge in [-0.25, -0.2) is 0 Å². The summed E-state index contributed by atoms with van der Waals surface area (Å²) in [5, 5.41) is 0.736. The minimum atomic E-state index is 0.282. The summed E-state index contributed by atoms with van der Waals surface area (Å²) in [6.07, 6.45) is 1.04. The molecular weight excluding hydrogens is 222 g/mol. The lowest BCUT2D eigenvalue weighted by Gasteiger charge is -1.97. The fourth-order valence-corrected chi connectivity index (χ4v) is 1.99. The van der Waals surface area contributed by atoms with Gasteiger partial charge in [0.15, 0.2) is 0 Å². The minimum absolute atomic E-state index is 0.282. The fourth-order valence-electron chi connectivity index (χ4n) is 1.86. The Morgan fingerprint density at radius 3 is 2.44 bits per heavy atom. The zero-order valence-electron chi connectivity index (χ0n) is 8.69. The molecule has 1 saturated carbocycles. The normalized spacial score (nSPS) is 23.4. The smallest absolute Gasteiger partial charge is 0.134 e. The molecule has 16 heavy (non-hydrogen) atoms. The lowest BCUT2D eigenvalue weighted by molar-refractivity contribution is 0.522. The first-order valence-electron chi connectivity index (χ1n) is 5.35. The average molecular weight is 234 g/mol. The molecule has 2 aromatic rings. The maximum absolute atomic E-state index is 5.84. The fraction of sp³-hybridized carbons (Fsp3) is 0.231. The quantitative estimate of drug-likeness (QED) is 0.863. The van der Waals surface area contributed by atoms with Gasteiger partial charge in [0.05, 0.1) is 0 Å². The van der Waals surface area contributed by atoms with E-state index in [9.17, 15) is 0 Å². The van der Waals surface area contributed by atoms with Crippen LogP contribution in [0.3, 0.4) is 0 Å². The molecule has 0 aliphatic heterocycles. The summed E-state index contributed by atoms with van der Waals surface area (Å²) in [7, 11) is 0. The monoisotopic (exact) mass is 233 g/mol. The molecule has 0 spiro atoms. The van der Waals surface area contributed by atoms with E-state index in [2.05, 4.69) is 0 Å². The van der Waals surface area contributed by atoms with Crippen molar-refractivity contribution in [3.05, 3.63) is 47.2 Å². The van der Waals surface area contributed by atoms with Crippen molar-refractivity contribution >= 4 is 11.6 Å². The summed E-state index contributed by atoms with van der Waals surface area (Å²) in [6, 6.07) is 11.9. The Kier molecular flexibility index (Phi) is 2.27. The number of hydrogen-bond donors (Lipinski definition) is 1. The molecule has 1 aromatic carbocycles. The number of hydrogen-bond acceptors (Lipinski definition) is 2. The highest BCUT2D eigenvalue weighted by Crippen LogP contribution is 2.41. The third-order valence-corrected chi connectivity index (χ3v) is 3.21. The first kappa shape index (κ1) is 9.94. The molecule has 0 bridgehead atoms. The molecule has 1 heterocycles. The Morgan fingerprint density at radius 2 is 1.81 bits per heavy atom. The van der Waals surface area contributed by atoms with Gasteiger partial charge in [0.1, 0.15) is 11.5 Å². The maximum Gasteiger partial charge on any atom is 0.134 e. The Balaban J connectivity index is 1.89. The van der Waals surface area contributed by atoms with Crippen molar-refractivity contribution in [2.45, 2.75) is 18.4 Å². The van der Waals surface area contributed by atoms with Crippen molar-refractivity contribution in [1.82, 2.24) is 0 Å². The van der Waals surface area contributed by atoms with E-state index in [-0.39, 0.29) is 6.04 Å². The van der Waals surface area contributed by atoms with Crippen molar-refractivity contribution in [3.63, 3.8) is 0 Å². The zero-order valence-corrected chi connectivity index (χ0v) is 9.45. The van der Waals surface area contributed by atoms with Gasteiger partial charge in [-0.15, -0.1) is 0 Å². The predicted molar refractivity (Wildman–Crippen MR) is 64.5 cm³/mol. The van der Waals surface area contributed by atoms with E-state index in [1.54, 1.807) is 0 Å². The van der Waals surface area contributed by atoms with E-state index in [0.717, 1.165) is 28.5 Å². The highest BCUT2D eigenvalue weighted by atomic mass is 35.5. The highest BCUT2D eigenvalue weighted by Gasteiger charge is 2.37. The van der Waals surface area contributed by atoms with Crippen LogP contribution in [0, 0.1) is 0 Å². The van der Waals surface area contributed by atoms with Crippen LogP contribution in [0.5, 0.6) is 0 Å². The molecule has 0 saturated heterocycles. The molecule has 3 rings (SSSR count). The topological polar surface area (TPSA) is 39.2 Å². The number of benzene rings is 1. The molecule has 0 unspecified atom stereocenters. The van der Waals surface area contributed by atoms with E-state index >= 15 is 0 Å². The van der Waals surface area contributed by atoms with Crippen molar-refractivity contribution in [3.8, 4) is 11.3 Å². The summed E-state index contributed by atoms with van der Waals surface area (Å²) in [4.78, 5) is 0. The second kappa shape index (κ2) is 3.65. The van der Waals surface area contributed by atoms with Gasteiger partial charge >= 0.3 is 0 Å². The van der Waals surface area contributed by atoms with Crippen LogP contribution in [0.15, 0.2) is 40.8 Å². The van der Waals surface area contributed by atoms with Crippen molar-refractivity contribution < 1.29 is 4.42 Å². The van der Waals surface area contributed by atoms with Gasteiger partial charge in [0.25, 0.3) is 0 Å². The van der Waals surface area contributed by atoms with Gasteiger partial charge in [-0.2, -0.15) is 0 Å². The molecule has 1 fully saturated rings. The number of furan rings is 1. The lowest BCUT2D eigenvalue weighted by atomic mass is 10.2. The number of nitrogens with two attached hydrogens (primary N) is 1. The first-order chi connectivity index (χ1) is 7.74. The molecule has 0 radical (unpaired) electrons. The average Bonchev–Trinajstić information content (AvgIpc) is 2.82. The van der Waals surface area contributed by atoms with Crippen molar-refractivity contribution in [2.24, 2.45) is 5.73 Å². The molecule has 82 valence electrons. The minimum Gasteiger partial charge on any atom is -0.461 e. The Morgan fingerprint density at radius 1 is 1.12 bits per heavy atom. The van der Waals surface area contributed by atoms with Crippen molar-refractivity contribution in [1.29, 1.82) is 0 Å². The van der Waals surface area contributed by atoms with Crippen LogP contribution >= 0.6 is 11.6 Å². The van der Waals surface area contributed by atoms with Crippen molar-refractivity contribution in [2.75, 3.05) is 0 Å². The van der Waals surface area contributed by atoms with Crippen LogP contribution in [0.25, 0.3) is 11.3 Å². The maximum atomic E-state index is 5.84. The second-order valence-corrected chi connectivity index (χ2v) is 4.65. The molecular formula is C13H12ClNO. The predicted octanol–water partition coefficient (Wildman–Crippen LogP) is 3.41. The third kappa shape index (κ3) is 1.75. The molecule has 2 nitrogen and oxygen atoms in total. The van der Waals surface area contributed by atoms with Crippen LogP contribution in [0.1, 0.15) is 18.1 Å². The largest absolute Gasteiger partial charge is 0.461 e. The Labute approximate surface area is 99.0 Å². The Hall–Kier alpha value is -1.25. The van der Waals surface area contributed by atoms with Gasteiger partial charge in [0.2, 0.25) is 0 Å². The second-order valence-electron chi connectivity index (χ2n) is 4.21. The first-order valence-corrected chi connectivity index (χ1v) is 5.73. The standard InChI is InChI=1S/C13H12ClNO/c14-9-3-1-8(2-4-9)12-5-6-13(16-12)10-7-11(10)15/h1-6,10-11H,7,15H2/t10-,11+/m1/s1. The summed E-state index contributed by atoms with van der Waals surface area (Å²) in [6.45, 7) is 0. The molecule has 2 atom stereocenters. The molecule has 1 aliphatic carbocycles. The lowest BCUT2D eigenvalue weighted by Crippen LogP contribution is -2.00.